The summed E-state index contributed by atoms with van der Waals surface area (Å²) in [6.07, 6.45) is 1.13. The van der Waals surface area contributed by atoms with Gasteiger partial charge in [-0.05, 0) is 36.8 Å². The van der Waals surface area contributed by atoms with Crippen LogP contribution in [0.2, 0.25) is 0 Å². The van der Waals surface area contributed by atoms with Crippen molar-refractivity contribution < 1.29 is 19.1 Å². The average Bonchev–Trinajstić information content (AvgIpc) is 2.83. The highest BCUT2D eigenvalue weighted by atomic mass is 19.1. The van der Waals surface area contributed by atoms with Crippen LogP contribution < -0.4 is 16.1 Å². The molecule has 0 saturated heterocycles. The Balaban J connectivity index is 1.41. The van der Waals surface area contributed by atoms with Crippen molar-refractivity contribution in [3.8, 4) is 11.1 Å². The van der Waals surface area contributed by atoms with E-state index < -0.39 is 28.7 Å². The van der Waals surface area contributed by atoms with Gasteiger partial charge in [-0.1, -0.05) is 36.4 Å². The number of carbonyl (C=O) groups is 2. The fraction of sp³-hybridized carbons (Fsp3) is 0.120. The van der Waals surface area contributed by atoms with Crippen LogP contribution in [0.4, 0.5) is 10.2 Å². The van der Waals surface area contributed by atoms with Gasteiger partial charge in [0, 0.05) is 29.9 Å². The second-order valence-corrected chi connectivity index (χ2v) is 7.75. The third-order valence-corrected chi connectivity index (χ3v) is 5.24. The standard InChI is InChI=1S/C25H21FN4O4/c1-14(12-28-21-10-9-20-22(30-21)23(31)18(13-27-20)25(33)34)29-24(32)16-7-8-17(19(26)11-16)15-5-3-2-4-6-15/h2-11,13-14H,12H2,1H3,(H,27,31)(H,28,30)(H,29,32)(H,33,34)/t14-/m0/s1. The molecular formula is C25H21FN4O4. The Kier molecular flexibility index (Phi) is 6.35. The van der Waals surface area contributed by atoms with Crippen molar-refractivity contribution in [2.45, 2.75) is 13.0 Å². The van der Waals surface area contributed by atoms with Crippen molar-refractivity contribution in [2.75, 3.05) is 11.9 Å². The second kappa shape index (κ2) is 9.53. The van der Waals surface area contributed by atoms with E-state index in [1.54, 1.807) is 43.3 Å². The molecule has 0 spiro atoms. The lowest BCUT2D eigenvalue weighted by Crippen LogP contribution is -2.37. The predicted molar refractivity (Wildman–Crippen MR) is 127 cm³/mol. The van der Waals surface area contributed by atoms with Crippen LogP contribution >= 0.6 is 0 Å². The van der Waals surface area contributed by atoms with Gasteiger partial charge in [0.05, 0.1) is 5.52 Å². The van der Waals surface area contributed by atoms with E-state index in [9.17, 15) is 18.8 Å². The maximum Gasteiger partial charge on any atom is 0.341 e. The first kappa shape index (κ1) is 22.7. The van der Waals surface area contributed by atoms with Crippen molar-refractivity contribution >= 4 is 28.7 Å². The number of aromatic amines is 1. The molecule has 1 atom stereocenters. The van der Waals surface area contributed by atoms with E-state index in [2.05, 4.69) is 20.6 Å². The Morgan fingerprint density at radius 1 is 1.12 bits per heavy atom. The minimum atomic E-state index is -1.34. The molecule has 0 bridgehead atoms. The third kappa shape index (κ3) is 4.78. The Morgan fingerprint density at radius 2 is 1.88 bits per heavy atom. The molecule has 1 amide bonds. The highest BCUT2D eigenvalue weighted by Gasteiger charge is 2.15. The molecule has 4 N–H and O–H groups in total. The zero-order valence-corrected chi connectivity index (χ0v) is 18.1. The summed E-state index contributed by atoms with van der Waals surface area (Å²) in [6.45, 7) is 2.03. The van der Waals surface area contributed by atoms with Gasteiger partial charge in [0.2, 0.25) is 5.43 Å². The van der Waals surface area contributed by atoms with Crippen LogP contribution in [-0.4, -0.2) is 39.5 Å². The number of carboxylic acids is 1. The van der Waals surface area contributed by atoms with Gasteiger partial charge in [0.1, 0.15) is 22.7 Å². The molecule has 4 rings (SSSR count). The summed E-state index contributed by atoms with van der Waals surface area (Å²) in [6, 6.07) is 16.3. The fourth-order valence-electron chi connectivity index (χ4n) is 3.47. The number of halogens is 1. The van der Waals surface area contributed by atoms with Crippen molar-refractivity contribution in [3.05, 3.63) is 94.0 Å². The number of hydrogen-bond acceptors (Lipinski definition) is 5. The van der Waals surface area contributed by atoms with Crippen LogP contribution in [-0.2, 0) is 0 Å². The number of amides is 1. The van der Waals surface area contributed by atoms with E-state index in [1.807, 2.05) is 18.2 Å². The molecule has 4 aromatic rings. The highest BCUT2D eigenvalue weighted by molar-refractivity contribution is 5.95. The summed E-state index contributed by atoms with van der Waals surface area (Å²) >= 11 is 0. The number of nitrogens with one attached hydrogen (secondary N) is 3. The highest BCUT2D eigenvalue weighted by Crippen LogP contribution is 2.23. The lowest BCUT2D eigenvalue weighted by atomic mass is 10.0. The summed E-state index contributed by atoms with van der Waals surface area (Å²) in [5, 5.41) is 14.9. The van der Waals surface area contributed by atoms with E-state index in [0.29, 0.717) is 16.9 Å². The Bertz CT molecular complexity index is 1440. The SMILES string of the molecule is C[C@@H](CNc1ccc2[nH]cc(C(=O)O)c(=O)c2n1)NC(=O)c1ccc(-c2ccccc2)c(F)c1. The van der Waals surface area contributed by atoms with E-state index >= 15 is 0 Å². The van der Waals surface area contributed by atoms with Crippen LogP contribution in [0.3, 0.4) is 0 Å². The molecule has 2 aromatic heterocycles. The summed E-state index contributed by atoms with van der Waals surface area (Å²) in [5.41, 5.74) is 0.645. The fourth-order valence-corrected chi connectivity index (χ4v) is 3.47. The summed E-state index contributed by atoms with van der Waals surface area (Å²) in [4.78, 5) is 43.0. The molecule has 0 unspecified atom stereocenters. The monoisotopic (exact) mass is 460 g/mol. The number of rotatable bonds is 7. The van der Waals surface area contributed by atoms with Gasteiger partial charge < -0.3 is 20.7 Å². The van der Waals surface area contributed by atoms with Gasteiger partial charge in [-0.25, -0.2) is 14.2 Å². The van der Waals surface area contributed by atoms with Gasteiger partial charge in [0.15, 0.2) is 0 Å². The Morgan fingerprint density at radius 3 is 2.59 bits per heavy atom. The van der Waals surface area contributed by atoms with Crippen LogP contribution in [0.15, 0.2) is 71.7 Å². The van der Waals surface area contributed by atoms with Gasteiger partial charge in [-0.3, -0.25) is 9.59 Å². The van der Waals surface area contributed by atoms with Crippen LogP contribution in [0.25, 0.3) is 22.2 Å². The van der Waals surface area contributed by atoms with Crippen molar-refractivity contribution in [1.29, 1.82) is 0 Å². The van der Waals surface area contributed by atoms with E-state index in [4.69, 9.17) is 5.11 Å². The Labute approximate surface area is 193 Å². The predicted octanol–water partition coefficient (Wildman–Crippen LogP) is 3.66. The molecule has 8 nitrogen and oxygen atoms in total. The first-order valence-corrected chi connectivity index (χ1v) is 10.5. The molecule has 9 heteroatoms. The average molecular weight is 460 g/mol. The number of hydrogen-bond donors (Lipinski definition) is 4. The number of anilines is 1. The molecule has 34 heavy (non-hydrogen) atoms. The maximum atomic E-state index is 14.6. The topological polar surface area (TPSA) is 124 Å². The van der Waals surface area contributed by atoms with Gasteiger partial charge in [0.25, 0.3) is 5.91 Å². The lowest BCUT2D eigenvalue weighted by molar-refractivity contribution is 0.0695. The number of H-pyrrole nitrogens is 1. The first-order valence-electron chi connectivity index (χ1n) is 10.5. The largest absolute Gasteiger partial charge is 0.477 e. The molecule has 2 aromatic carbocycles. The molecule has 0 radical (unpaired) electrons. The van der Waals surface area contributed by atoms with Crippen molar-refractivity contribution in [2.24, 2.45) is 0 Å². The number of carboxylic acid groups (broad SMARTS) is 1. The number of aromatic nitrogens is 2. The smallest absolute Gasteiger partial charge is 0.341 e. The molecule has 0 aliphatic carbocycles. The summed E-state index contributed by atoms with van der Waals surface area (Å²) in [7, 11) is 0. The van der Waals surface area contributed by atoms with E-state index in [0.717, 1.165) is 11.8 Å². The Hall–Kier alpha value is -4.53. The zero-order valence-electron chi connectivity index (χ0n) is 18.1. The normalized spacial score (nSPS) is 11.7. The zero-order chi connectivity index (χ0) is 24.2. The molecule has 2 heterocycles. The molecule has 0 saturated carbocycles. The lowest BCUT2D eigenvalue weighted by Gasteiger charge is -2.16. The van der Waals surface area contributed by atoms with Gasteiger partial charge in [-0.2, -0.15) is 0 Å². The molecule has 172 valence electrons. The number of fused-ring (bicyclic) bond motifs is 1. The number of nitrogens with zero attached hydrogens (tertiary/aromatic N) is 1. The van der Waals surface area contributed by atoms with Gasteiger partial charge in [-0.15, -0.1) is 0 Å². The number of benzene rings is 2. The number of pyridine rings is 2. The molecule has 0 fully saturated rings. The first-order chi connectivity index (χ1) is 16.3. The van der Waals surface area contributed by atoms with E-state index in [-0.39, 0.29) is 23.7 Å². The van der Waals surface area contributed by atoms with Crippen LogP contribution in [0.5, 0.6) is 0 Å². The molecule has 0 aliphatic heterocycles. The quantitative estimate of drug-likeness (QED) is 0.334. The van der Waals surface area contributed by atoms with Crippen LogP contribution in [0, 0.1) is 5.82 Å². The summed E-state index contributed by atoms with van der Waals surface area (Å²) in [5.74, 6) is -1.91. The molecule has 0 aliphatic rings. The minimum absolute atomic E-state index is 0.00410. The van der Waals surface area contributed by atoms with E-state index in [1.165, 1.54) is 6.07 Å². The summed E-state index contributed by atoms with van der Waals surface area (Å²) < 4.78 is 14.6. The third-order valence-electron chi connectivity index (χ3n) is 5.24. The van der Waals surface area contributed by atoms with Crippen LogP contribution in [0.1, 0.15) is 27.6 Å². The maximum absolute atomic E-state index is 14.6. The second-order valence-electron chi connectivity index (χ2n) is 7.75. The minimum Gasteiger partial charge on any atom is -0.477 e. The molecular weight excluding hydrogens is 439 g/mol. The van der Waals surface area contributed by atoms with Gasteiger partial charge >= 0.3 is 5.97 Å². The number of carbonyl (C=O) groups excluding carboxylic acids is 1. The number of aromatic carboxylic acids is 1. The van der Waals surface area contributed by atoms with Crippen molar-refractivity contribution in [3.63, 3.8) is 0 Å². The van der Waals surface area contributed by atoms with Crippen molar-refractivity contribution in [1.82, 2.24) is 15.3 Å².